The first kappa shape index (κ1) is 24.4. The lowest BCUT2D eigenvalue weighted by atomic mass is 9.85. The Morgan fingerprint density at radius 1 is 1.03 bits per heavy atom. The molecule has 0 unspecified atom stereocenters. The molecule has 0 saturated heterocycles. The molecule has 0 aromatic heterocycles. The second-order valence-electron chi connectivity index (χ2n) is 8.67. The summed E-state index contributed by atoms with van der Waals surface area (Å²) in [5, 5.41) is 0. The smallest absolute Gasteiger partial charge is 0.338 e. The van der Waals surface area contributed by atoms with Gasteiger partial charge < -0.3 is 20.9 Å². The predicted molar refractivity (Wildman–Crippen MR) is 131 cm³/mol. The van der Waals surface area contributed by atoms with Crippen LogP contribution in [0, 0.1) is 5.92 Å². The number of rotatable bonds is 9. The van der Waals surface area contributed by atoms with Gasteiger partial charge in [0.2, 0.25) is 0 Å². The fraction of sp³-hybridized carbons (Fsp3) is 0.407. The van der Waals surface area contributed by atoms with Crippen LogP contribution < -0.4 is 11.5 Å². The molecule has 1 aliphatic rings. The highest BCUT2D eigenvalue weighted by atomic mass is 16.5. The number of esters is 2. The molecule has 0 aliphatic heterocycles. The third-order valence-corrected chi connectivity index (χ3v) is 6.11. The molecule has 6 heteroatoms. The predicted octanol–water partition coefficient (Wildman–Crippen LogP) is 5.17. The van der Waals surface area contributed by atoms with Gasteiger partial charge in [0.05, 0.1) is 12.2 Å². The van der Waals surface area contributed by atoms with Crippen LogP contribution in [0.25, 0.3) is 6.08 Å². The zero-order valence-corrected chi connectivity index (χ0v) is 19.3. The Bertz CT molecular complexity index is 961. The van der Waals surface area contributed by atoms with Crippen LogP contribution in [-0.2, 0) is 20.7 Å². The van der Waals surface area contributed by atoms with E-state index in [0.29, 0.717) is 23.4 Å². The van der Waals surface area contributed by atoms with Crippen molar-refractivity contribution in [1.29, 1.82) is 0 Å². The van der Waals surface area contributed by atoms with Gasteiger partial charge in [0.25, 0.3) is 0 Å². The van der Waals surface area contributed by atoms with Crippen molar-refractivity contribution in [3.63, 3.8) is 0 Å². The van der Waals surface area contributed by atoms with Crippen molar-refractivity contribution in [1.82, 2.24) is 0 Å². The number of nitrogen functional groups attached to an aromatic ring is 2. The molecule has 1 saturated carbocycles. The van der Waals surface area contributed by atoms with Crippen LogP contribution in [0.15, 0.2) is 48.5 Å². The summed E-state index contributed by atoms with van der Waals surface area (Å²) >= 11 is 0. The molecule has 6 nitrogen and oxygen atoms in total. The van der Waals surface area contributed by atoms with E-state index in [-0.39, 0.29) is 18.7 Å². The number of anilines is 2. The minimum atomic E-state index is -0.439. The molecule has 1 fully saturated rings. The number of carbonyl (C=O) groups is 2. The summed E-state index contributed by atoms with van der Waals surface area (Å²) < 4.78 is 10.9. The fourth-order valence-electron chi connectivity index (χ4n) is 4.21. The van der Waals surface area contributed by atoms with Gasteiger partial charge in [-0.1, -0.05) is 38.0 Å². The van der Waals surface area contributed by atoms with E-state index in [9.17, 15) is 9.59 Å². The van der Waals surface area contributed by atoms with Gasteiger partial charge in [0.15, 0.2) is 0 Å². The van der Waals surface area contributed by atoms with Crippen LogP contribution in [0.4, 0.5) is 11.4 Å². The van der Waals surface area contributed by atoms with Crippen LogP contribution in [0.1, 0.15) is 66.9 Å². The molecule has 0 radical (unpaired) electrons. The highest BCUT2D eigenvalue weighted by Crippen LogP contribution is 2.29. The summed E-state index contributed by atoms with van der Waals surface area (Å²) in [7, 11) is 0. The second-order valence-corrected chi connectivity index (χ2v) is 8.67. The van der Waals surface area contributed by atoms with Gasteiger partial charge in [-0.2, -0.15) is 0 Å². The molecule has 2 aromatic carbocycles. The van der Waals surface area contributed by atoms with E-state index in [2.05, 4.69) is 6.92 Å². The summed E-state index contributed by atoms with van der Waals surface area (Å²) in [5.41, 5.74) is 15.0. The van der Waals surface area contributed by atoms with Gasteiger partial charge >= 0.3 is 11.9 Å². The molecule has 1 aliphatic carbocycles. The van der Waals surface area contributed by atoms with E-state index < -0.39 is 5.97 Å². The highest BCUT2D eigenvalue weighted by molar-refractivity contribution is 5.90. The van der Waals surface area contributed by atoms with Gasteiger partial charge in [0, 0.05) is 23.9 Å². The van der Waals surface area contributed by atoms with E-state index in [1.165, 1.54) is 18.9 Å². The topological polar surface area (TPSA) is 105 Å². The third-order valence-electron chi connectivity index (χ3n) is 6.11. The van der Waals surface area contributed by atoms with Crippen LogP contribution in [0.5, 0.6) is 0 Å². The largest absolute Gasteiger partial charge is 0.462 e. The van der Waals surface area contributed by atoms with Crippen molar-refractivity contribution >= 4 is 29.4 Å². The van der Waals surface area contributed by atoms with Gasteiger partial charge in [-0.3, -0.25) is 0 Å². The summed E-state index contributed by atoms with van der Waals surface area (Å²) in [6.45, 7) is 2.44. The van der Waals surface area contributed by atoms with Crippen LogP contribution in [-0.4, -0.2) is 24.6 Å². The van der Waals surface area contributed by atoms with E-state index in [1.54, 1.807) is 42.5 Å². The van der Waals surface area contributed by atoms with Gasteiger partial charge in [0.1, 0.15) is 6.10 Å². The van der Waals surface area contributed by atoms with E-state index in [1.807, 2.05) is 6.07 Å². The minimum Gasteiger partial charge on any atom is -0.462 e. The van der Waals surface area contributed by atoms with Gasteiger partial charge in [-0.15, -0.1) is 0 Å². The maximum absolute atomic E-state index is 12.4. The van der Waals surface area contributed by atoms with Gasteiger partial charge in [-0.05, 0) is 73.1 Å². The average molecular weight is 451 g/mol. The molecule has 33 heavy (non-hydrogen) atoms. The summed E-state index contributed by atoms with van der Waals surface area (Å²) in [6, 6.07) is 12.3. The second kappa shape index (κ2) is 12.1. The first-order valence-corrected chi connectivity index (χ1v) is 11.7. The molecule has 3 rings (SSSR count). The molecule has 0 spiro atoms. The lowest BCUT2D eigenvalue weighted by Crippen LogP contribution is -2.24. The molecule has 0 heterocycles. The van der Waals surface area contributed by atoms with Crippen molar-refractivity contribution in [2.75, 3.05) is 18.1 Å². The quantitative estimate of drug-likeness (QED) is 0.310. The Morgan fingerprint density at radius 3 is 2.42 bits per heavy atom. The maximum atomic E-state index is 12.4. The zero-order chi connectivity index (χ0) is 23.6. The normalized spacial score (nSPS) is 18.2. The summed E-state index contributed by atoms with van der Waals surface area (Å²) in [6.07, 6.45) is 10.2. The number of carbonyl (C=O) groups excluding carboxylic acids is 2. The number of benzene rings is 2. The minimum absolute atomic E-state index is 0.0172. The summed E-state index contributed by atoms with van der Waals surface area (Å²) in [5.74, 6) is 0.0514. The van der Waals surface area contributed by atoms with Crippen molar-refractivity contribution in [2.24, 2.45) is 5.92 Å². The average Bonchev–Trinajstić information content (AvgIpc) is 2.81. The number of hydrogen-bond acceptors (Lipinski definition) is 6. The standard InChI is InChI=1S/C27H34N2O4/c1-2-3-19-6-13-24(14-7-19)33-27(31)22-9-4-20(5-10-22)8-15-26(30)32-17-16-21-11-12-23(28)18-25(21)29/h4-5,8-12,15,18-19,24H,2-3,6-7,13-14,16-17,28-29H2,1H3/b15-8+. The molecule has 4 N–H and O–H groups in total. The third kappa shape index (κ3) is 7.67. The summed E-state index contributed by atoms with van der Waals surface area (Å²) in [4.78, 5) is 24.4. The van der Waals surface area contributed by atoms with Gasteiger partial charge in [-0.25, -0.2) is 9.59 Å². The van der Waals surface area contributed by atoms with E-state index in [0.717, 1.165) is 42.7 Å². The monoisotopic (exact) mass is 450 g/mol. The Hall–Kier alpha value is -3.28. The molecule has 0 bridgehead atoms. The highest BCUT2D eigenvalue weighted by Gasteiger charge is 2.23. The Labute approximate surface area is 195 Å². The van der Waals surface area contributed by atoms with Crippen molar-refractivity contribution < 1.29 is 19.1 Å². The van der Waals surface area contributed by atoms with Crippen LogP contribution >= 0.6 is 0 Å². The Balaban J connectivity index is 1.41. The lowest BCUT2D eigenvalue weighted by molar-refractivity contribution is -0.137. The Kier molecular flexibility index (Phi) is 8.93. The van der Waals surface area contributed by atoms with Crippen molar-refractivity contribution in [2.45, 2.75) is 58.0 Å². The first-order chi connectivity index (χ1) is 15.9. The molecule has 2 aromatic rings. The zero-order valence-electron chi connectivity index (χ0n) is 19.3. The SMILES string of the molecule is CCCC1CCC(OC(=O)c2ccc(/C=C/C(=O)OCCc3ccc(N)cc3N)cc2)CC1. The van der Waals surface area contributed by atoms with Crippen molar-refractivity contribution in [3.8, 4) is 0 Å². The number of hydrogen-bond donors (Lipinski definition) is 2. The molecular formula is C27H34N2O4. The Morgan fingerprint density at radius 2 is 1.76 bits per heavy atom. The van der Waals surface area contributed by atoms with E-state index >= 15 is 0 Å². The number of ether oxygens (including phenoxy) is 2. The maximum Gasteiger partial charge on any atom is 0.338 e. The number of nitrogens with two attached hydrogens (primary N) is 2. The molecule has 0 atom stereocenters. The van der Waals surface area contributed by atoms with Crippen LogP contribution in [0.3, 0.4) is 0 Å². The molecule has 0 amide bonds. The lowest BCUT2D eigenvalue weighted by Gasteiger charge is -2.28. The van der Waals surface area contributed by atoms with Crippen molar-refractivity contribution in [3.05, 3.63) is 65.2 Å². The van der Waals surface area contributed by atoms with E-state index in [4.69, 9.17) is 20.9 Å². The fourth-order valence-corrected chi connectivity index (χ4v) is 4.21. The molecule has 176 valence electrons. The first-order valence-electron chi connectivity index (χ1n) is 11.7. The molecular weight excluding hydrogens is 416 g/mol. The van der Waals surface area contributed by atoms with Crippen LogP contribution in [0.2, 0.25) is 0 Å².